The number of hydrogen-bond acceptors (Lipinski definition) is 5. The third-order valence-electron chi connectivity index (χ3n) is 3.61. The molecular weight excluding hydrogens is 332 g/mol. The van der Waals surface area contributed by atoms with Crippen LogP contribution in [0.5, 0.6) is 5.75 Å². The molecule has 5 nitrogen and oxygen atoms in total. The molecule has 0 fully saturated rings. The minimum absolute atomic E-state index is 0.0595. The highest BCUT2D eigenvalue weighted by Crippen LogP contribution is 2.32. The number of benzene rings is 1. The number of aryl methyl sites for hydroxylation is 1. The van der Waals surface area contributed by atoms with Crippen LogP contribution < -0.4 is 10.4 Å². The number of esters is 1. The van der Waals surface area contributed by atoms with Gasteiger partial charge in [0.1, 0.15) is 5.58 Å². The fourth-order valence-electron chi connectivity index (χ4n) is 2.43. The van der Waals surface area contributed by atoms with Crippen molar-refractivity contribution in [1.29, 1.82) is 0 Å². The van der Waals surface area contributed by atoms with Gasteiger partial charge in [-0.3, -0.25) is 0 Å². The van der Waals surface area contributed by atoms with Gasteiger partial charge in [-0.2, -0.15) is 0 Å². The summed E-state index contributed by atoms with van der Waals surface area (Å²) < 4.78 is 15.4. The Hall–Kier alpha value is -2.53. The summed E-state index contributed by atoms with van der Waals surface area (Å²) in [6.07, 6.45) is 4.08. The van der Waals surface area contributed by atoms with Gasteiger partial charge in [0.05, 0.1) is 11.3 Å². The summed E-state index contributed by atoms with van der Waals surface area (Å²) in [4.78, 5) is 23.7. The minimum atomic E-state index is -0.675. The zero-order valence-corrected chi connectivity index (χ0v) is 13.8. The Morgan fingerprint density at radius 3 is 2.83 bits per heavy atom. The Kier molecular flexibility index (Phi) is 4.71. The summed E-state index contributed by atoms with van der Waals surface area (Å²) in [6, 6.07) is 7.64. The second kappa shape index (κ2) is 6.93. The van der Waals surface area contributed by atoms with E-state index in [0.717, 1.165) is 30.2 Å². The quantitative estimate of drug-likeness (QED) is 0.383. The van der Waals surface area contributed by atoms with Crippen LogP contribution in [0.25, 0.3) is 11.0 Å². The van der Waals surface area contributed by atoms with E-state index in [-0.39, 0.29) is 16.5 Å². The average molecular weight is 347 g/mol. The smallest absolute Gasteiger partial charge is 0.379 e. The van der Waals surface area contributed by atoms with Gasteiger partial charge in [0.15, 0.2) is 5.75 Å². The molecule has 0 spiro atoms. The molecule has 2 aromatic heterocycles. The molecule has 0 aliphatic rings. The van der Waals surface area contributed by atoms with Crippen molar-refractivity contribution in [1.82, 2.24) is 0 Å². The fourth-order valence-corrected chi connectivity index (χ4v) is 2.63. The monoisotopic (exact) mass is 346 g/mol. The molecule has 6 heteroatoms. The second-order valence-corrected chi connectivity index (χ2v) is 5.75. The number of fused-ring (bicyclic) bond motifs is 1. The van der Waals surface area contributed by atoms with E-state index in [1.807, 2.05) is 0 Å². The third kappa shape index (κ3) is 3.36. The van der Waals surface area contributed by atoms with Gasteiger partial charge in [-0.25, -0.2) is 9.59 Å². The Morgan fingerprint density at radius 2 is 2.12 bits per heavy atom. The maximum Gasteiger partial charge on any atom is 0.379 e. The van der Waals surface area contributed by atoms with Gasteiger partial charge in [0.2, 0.25) is 5.76 Å². The van der Waals surface area contributed by atoms with Gasteiger partial charge in [-0.05, 0) is 36.6 Å². The summed E-state index contributed by atoms with van der Waals surface area (Å²) in [7, 11) is 0. The first kappa shape index (κ1) is 16.3. The van der Waals surface area contributed by atoms with E-state index in [1.165, 1.54) is 24.5 Å². The van der Waals surface area contributed by atoms with Crippen molar-refractivity contribution in [2.75, 3.05) is 0 Å². The van der Waals surface area contributed by atoms with E-state index < -0.39 is 11.6 Å². The highest BCUT2D eigenvalue weighted by molar-refractivity contribution is 6.33. The normalized spacial score (nSPS) is 10.9. The van der Waals surface area contributed by atoms with Crippen LogP contribution in [-0.4, -0.2) is 5.97 Å². The summed E-state index contributed by atoms with van der Waals surface area (Å²) in [5.41, 5.74) is 0.758. The number of unbranched alkanes of at least 4 members (excludes halogenated alkanes) is 1. The van der Waals surface area contributed by atoms with Gasteiger partial charge in [0.25, 0.3) is 0 Å². The predicted molar refractivity (Wildman–Crippen MR) is 89.8 cm³/mol. The summed E-state index contributed by atoms with van der Waals surface area (Å²) in [6.45, 7) is 2.08. The molecule has 0 bridgehead atoms. The van der Waals surface area contributed by atoms with Gasteiger partial charge in [-0.1, -0.05) is 24.9 Å². The third-order valence-corrected chi connectivity index (χ3v) is 3.90. The van der Waals surface area contributed by atoms with Crippen molar-refractivity contribution in [2.45, 2.75) is 26.2 Å². The van der Waals surface area contributed by atoms with Crippen LogP contribution in [0.3, 0.4) is 0 Å². The molecule has 0 saturated heterocycles. The number of halogens is 1. The fraction of sp³-hybridized carbons (Fsp3) is 0.222. The Bertz CT molecular complexity index is 924. The Labute approximate surface area is 142 Å². The van der Waals surface area contributed by atoms with Crippen LogP contribution in [0, 0.1) is 0 Å². The van der Waals surface area contributed by atoms with E-state index in [0.29, 0.717) is 5.58 Å². The van der Waals surface area contributed by atoms with Gasteiger partial charge < -0.3 is 13.6 Å². The van der Waals surface area contributed by atoms with Crippen LogP contribution in [-0.2, 0) is 6.42 Å². The standard InChI is InChI=1S/C18H15ClO5/c1-2-3-5-11-8-17(20)23-15-10-16(13(19)9-12(11)15)24-18(21)14-6-4-7-22-14/h4,6-10H,2-3,5H2,1H3. The molecule has 3 aromatic rings. The molecule has 0 atom stereocenters. The summed E-state index contributed by atoms with van der Waals surface area (Å²) >= 11 is 6.23. The lowest BCUT2D eigenvalue weighted by molar-refractivity contribution is 0.0701. The van der Waals surface area contributed by atoms with Crippen LogP contribution in [0.2, 0.25) is 5.02 Å². The number of carbonyl (C=O) groups excluding carboxylic acids is 1. The van der Waals surface area contributed by atoms with Crippen molar-refractivity contribution in [3.8, 4) is 5.75 Å². The topological polar surface area (TPSA) is 69.7 Å². The molecule has 0 saturated carbocycles. The van der Waals surface area contributed by atoms with E-state index in [4.69, 9.17) is 25.2 Å². The molecule has 24 heavy (non-hydrogen) atoms. The molecule has 0 amide bonds. The molecule has 0 radical (unpaired) electrons. The van der Waals surface area contributed by atoms with Crippen LogP contribution >= 0.6 is 11.6 Å². The molecule has 124 valence electrons. The van der Waals surface area contributed by atoms with Crippen molar-refractivity contribution < 1.29 is 18.4 Å². The van der Waals surface area contributed by atoms with E-state index in [2.05, 4.69) is 6.92 Å². The van der Waals surface area contributed by atoms with Crippen molar-refractivity contribution >= 4 is 28.5 Å². The molecule has 3 rings (SSSR count). The molecule has 0 unspecified atom stereocenters. The van der Waals surface area contributed by atoms with Crippen LogP contribution in [0.15, 0.2) is 50.2 Å². The molecule has 1 aromatic carbocycles. The predicted octanol–water partition coefficient (Wildman–Crippen LogP) is 4.60. The highest BCUT2D eigenvalue weighted by Gasteiger charge is 2.16. The molecular formula is C18H15ClO5. The van der Waals surface area contributed by atoms with Gasteiger partial charge in [0, 0.05) is 17.5 Å². The molecule has 2 heterocycles. The number of carbonyl (C=O) groups is 1. The van der Waals surface area contributed by atoms with Crippen LogP contribution in [0.1, 0.15) is 35.9 Å². The molecule has 0 aliphatic heterocycles. The maximum atomic E-state index is 12.0. The van der Waals surface area contributed by atoms with Gasteiger partial charge >= 0.3 is 11.6 Å². The lowest BCUT2D eigenvalue weighted by Gasteiger charge is -2.09. The van der Waals surface area contributed by atoms with E-state index in [1.54, 1.807) is 12.1 Å². The Morgan fingerprint density at radius 1 is 1.29 bits per heavy atom. The highest BCUT2D eigenvalue weighted by atomic mass is 35.5. The maximum absolute atomic E-state index is 12.0. The Balaban J connectivity index is 2.00. The summed E-state index contributed by atoms with van der Waals surface area (Å²) in [5.74, 6) is -0.503. The largest absolute Gasteiger partial charge is 0.457 e. The van der Waals surface area contributed by atoms with Crippen molar-refractivity contribution in [3.05, 3.63) is 63.4 Å². The van der Waals surface area contributed by atoms with E-state index >= 15 is 0 Å². The average Bonchev–Trinajstić information content (AvgIpc) is 3.08. The van der Waals surface area contributed by atoms with E-state index in [9.17, 15) is 9.59 Å². The zero-order valence-electron chi connectivity index (χ0n) is 13.0. The number of hydrogen-bond donors (Lipinski definition) is 0. The zero-order chi connectivity index (χ0) is 17.1. The second-order valence-electron chi connectivity index (χ2n) is 5.34. The van der Waals surface area contributed by atoms with Gasteiger partial charge in [-0.15, -0.1) is 0 Å². The SMILES string of the molecule is CCCCc1cc(=O)oc2cc(OC(=O)c3ccco3)c(Cl)cc12. The molecule has 0 N–H and O–H groups in total. The number of furan rings is 1. The van der Waals surface area contributed by atoms with Crippen molar-refractivity contribution in [2.24, 2.45) is 0 Å². The summed E-state index contributed by atoms with van der Waals surface area (Å²) in [5, 5.41) is 1.000. The number of ether oxygens (including phenoxy) is 1. The lowest BCUT2D eigenvalue weighted by atomic mass is 10.0. The molecule has 0 aliphatic carbocycles. The first-order chi connectivity index (χ1) is 11.6. The lowest BCUT2D eigenvalue weighted by Crippen LogP contribution is -2.08. The van der Waals surface area contributed by atoms with Crippen molar-refractivity contribution in [3.63, 3.8) is 0 Å². The number of rotatable bonds is 5. The first-order valence-electron chi connectivity index (χ1n) is 7.60. The minimum Gasteiger partial charge on any atom is -0.457 e. The first-order valence-corrected chi connectivity index (χ1v) is 7.98. The van der Waals surface area contributed by atoms with Crippen LogP contribution in [0.4, 0.5) is 0 Å².